The maximum absolute atomic E-state index is 12.3. The predicted molar refractivity (Wildman–Crippen MR) is 93.2 cm³/mol. The topological polar surface area (TPSA) is 42.8 Å². The van der Waals surface area contributed by atoms with Crippen molar-refractivity contribution in [1.82, 2.24) is 5.32 Å². The Kier molecular flexibility index (Phi) is 7.18. The van der Waals surface area contributed by atoms with Crippen LogP contribution in [0.3, 0.4) is 0 Å². The highest BCUT2D eigenvalue weighted by Crippen LogP contribution is 2.17. The fourth-order valence-electron chi connectivity index (χ4n) is 2.87. The van der Waals surface area contributed by atoms with E-state index in [1.54, 1.807) is 0 Å². The van der Waals surface area contributed by atoms with Crippen LogP contribution in [0.2, 0.25) is 5.02 Å². The molecule has 2 rings (SSSR count). The first-order valence-electron chi connectivity index (χ1n) is 8.57. The van der Waals surface area contributed by atoms with Gasteiger partial charge in [0, 0.05) is 11.1 Å². The van der Waals surface area contributed by atoms with Gasteiger partial charge in [0.2, 0.25) is 0 Å². The molecular weight excluding hydrogens is 312 g/mol. The zero-order valence-corrected chi connectivity index (χ0v) is 14.9. The van der Waals surface area contributed by atoms with Crippen molar-refractivity contribution in [3.63, 3.8) is 0 Å². The Morgan fingerprint density at radius 3 is 2.61 bits per heavy atom. The van der Waals surface area contributed by atoms with Crippen molar-refractivity contribution in [3.8, 4) is 5.75 Å². The maximum atomic E-state index is 12.3. The van der Waals surface area contributed by atoms with E-state index in [0.717, 1.165) is 30.0 Å². The van der Waals surface area contributed by atoms with Gasteiger partial charge >= 0.3 is 0 Å². The molecule has 1 aliphatic carbocycles. The molecule has 1 saturated carbocycles. The number of ether oxygens (including phenoxy) is 1. The Hall–Kier alpha value is -1.26. The Bertz CT molecular complexity index is 486. The molecule has 1 aromatic rings. The van der Waals surface area contributed by atoms with Crippen molar-refractivity contribution in [2.75, 3.05) is 20.2 Å². The van der Waals surface area contributed by atoms with Gasteiger partial charge < -0.3 is 15.0 Å². The summed E-state index contributed by atoms with van der Waals surface area (Å²) in [6.45, 7) is 3.34. The molecule has 1 aliphatic rings. The van der Waals surface area contributed by atoms with Crippen LogP contribution in [-0.4, -0.2) is 38.2 Å². The number of benzene rings is 1. The summed E-state index contributed by atoms with van der Waals surface area (Å²) >= 11 is 5.85. The molecule has 2 N–H and O–H groups in total. The molecule has 23 heavy (non-hydrogen) atoms. The smallest absolute Gasteiger partial charge is 0.278 e. The number of rotatable bonds is 7. The summed E-state index contributed by atoms with van der Waals surface area (Å²) in [7, 11) is 2.04. The van der Waals surface area contributed by atoms with E-state index in [1.807, 2.05) is 38.2 Å². The monoisotopic (exact) mass is 339 g/mol. The van der Waals surface area contributed by atoms with Gasteiger partial charge in [0.05, 0.1) is 7.05 Å². The third-order valence-electron chi connectivity index (χ3n) is 4.66. The van der Waals surface area contributed by atoms with Crippen molar-refractivity contribution < 1.29 is 14.4 Å². The van der Waals surface area contributed by atoms with Crippen LogP contribution in [0.4, 0.5) is 0 Å². The van der Waals surface area contributed by atoms with E-state index >= 15 is 0 Å². The number of hydrogen-bond acceptors (Lipinski definition) is 2. The van der Waals surface area contributed by atoms with E-state index in [2.05, 4.69) is 5.32 Å². The minimum atomic E-state index is -0.0641. The predicted octanol–water partition coefficient (Wildman–Crippen LogP) is 2.07. The van der Waals surface area contributed by atoms with Crippen LogP contribution < -0.4 is 15.0 Å². The third kappa shape index (κ3) is 6.04. The quantitative estimate of drug-likeness (QED) is 0.798. The van der Waals surface area contributed by atoms with Crippen molar-refractivity contribution >= 4 is 17.5 Å². The van der Waals surface area contributed by atoms with Crippen molar-refractivity contribution in [2.45, 2.75) is 51.1 Å². The minimum absolute atomic E-state index is 0.0641. The second-order valence-electron chi connectivity index (χ2n) is 6.46. The summed E-state index contributed by atoms with van der Waals surface area (Å²) < 4.78 is 5.70. The molecule has 0 spiro atoms. The molecule has 1 unspecified atom stereocenters. The van der Waals surface area contributed by atoms with Crippen LogP contribution in [-0.2, 0) is 4.79 Å². The zero-order valence-electron chi connectivity index (χ0n) is 14.1. The first-order valence-corrected chi connectivity index (χ1v) is 8.95. The maximum Gasteiger partial charge on any atom is 0.278 e. The lowest BCUT2D eigenvalue weighted by atomic mass is 9.95. The number of halogens is 1. The zero-order chi connectivity index (χ0) is 16.7. The summed E-state index contributed by atoms with van der Waals surface area (Å²) in [4.78, 5) is 13.5. The van der Waals surface area contributed by atoms with Gasteiger partial charge in [-0.15, -0.1) is 0 Å². The SMILES string of the molecule is C[C@H](C(=O)NC1CCCCC1)[NH+](C)CCOc1ccc(Cl)cc1. The summed E-state index contributed by atoms with van der Waals surface area (Å²) in [6.07, 6.45) is 6.01. The Morgan fingerprint density at radius 1 is 1.30 bits per heavy atom. The highest BCUT2D eigenvalue weighted by molar-refractivity contribution is 6.30. The molecule has 0 saturated heterocycles. The molecule has 128 valence electrons. The minimum Gasteiger partial charge on any atom is -0.488 e. The molecule has 0 heterocycles. The van der Waals surface area contributed by atoms with Gasteiger partial charge in [0.1, 0.15) is 18.9 Å². The van der Waals surface area contributed by atoms with Gasteiger partial charge in [-0.2, -0.15) is 0 Å². The molecule has 2 atom stereocenters. The van der Waals surface area contributed by atoms with Crippen molar-refractivity contribution in [1.29, 1.82) is 0 Å². The van der Waals surface area contributed by atoms with Gasteiger partial charge in [-0.3, -0.25) is 4.79 Å². The number of hydrogen-bond donors (Lipinski definition) is 2. The standard InChI is InChI=1S/C18H27ClN2O2/c1-14(18(22)20-16-6-4-3-5-7-16)21(2)12-13-23-17-10-8-15(19)9-11-17/h8-11,14,16H,3-7,12-13H2,1-2H3,(H,20,22)/p+1/t14-/m1/s1. The normalized spacial score (nSPS) is 18.2. The van der Waals surface area contributed by atoms with Crippen LogP contribution in [0.15, 0.2) is 24.3 Å². The number of quaternary nitrogens is 1. The molecule has 1 fully saturated rings. The van der Waals surface area contributed by atoms with Crippen molar-refractivity contribution in [2.24, 2.45) is 0 Å². The fraction of sp³-hybridized carbons (Fsp3) is 0.611. The number of amides is 1. The molecule has 5 heteroatoms. The number of nitrogens with one attached hydrogen (secondary N) is 2. The molecule has 1 amide bonds. The number of carbonyl (C=O) groups is 1. The van der Waals surface area contributed by atoms with Crippen LogP contribution in [0.1, 0.15) is 39.0 Å². The third-order valence-corrected chi connectivity index (χ3v) is 4.91. The second kappa shape index (κ2) is 9.14. The molecular formula is C18H28ClN2O2+. The lowest BCUT2D eigenvalue weighted by molar-refractivity contribution is -0.894. The molecule has 0 aliphatic heterocycles. The van der Waals surface area contributed by atoms with Crippen LogP contribution in [0.25, 0.3) is 0 Å². The molecule has 0 radical (unpaired) electrons. The summed E-state index contributed by atoms with van der Waals surface area (Å²) in [6, 6.07) is 7.65. The van der Waals surface area contributed by atoms with Gasteiger partial charge in [-0.1, -0.05) is 30.9 Å². The van der Waals surface area contributed by atoms with Gasteiger partial charge in [-0.25, -0.2) is 0 Å². The summed E-state index contributed by atoms with van der Waals surface area (Å²) in [5.74, 6) is 0.961. The van der Waals surface area contributed by atoms with Crippen LogP contribution in [0, 0.1) is 0 Å². The van der Waals surface area contributed by atoms with E-state index in [4.69, 9.17) is 16.3 Å². The molecule has 0 aromatic heterocycles. The number of likely N-dealkylation sites (N-methyl/N-ethyl adjacent to an activating group) is 1. The Balaban J connectivity index is 1.69. The van der Waals surface area contributed by atoms with E-state index in [-0.39, 0.29) is 11.9 Å². The van der Waals surface area contributed by atoms with Gasteiger partial charge in [-0.05, 0) is 44.0 Å². The van der Waals surface area contributed by atoms with Crippen molar-refractivity contribution in [3.05, 3.63) is 29.3 Å². The van der Waals surface area contributed by atoms with E-state index in [1.165, 1.54) is 19.3 Å². The average molecular weight is 340 g/mol. The summed E-state index contributed by atoms with van der Waals surface area (Å²) in [5, 5.41) is 3.90. The Morgan fingerprint density at radius 2 is 1.96 bits per heavy atom. The first kappa shape index (κ1) is 18.1. The van der Waals surface area contributed by atoms with E-state index in [9.17, 15) is 4.79 Å². The average Bonchev–Trinajstić information content (AvgIpc) is 2.56. The molecule has 4 nitrogen and oxygen atoms in total. The largest absolute Gasteiger partial charge is 0.488 e. The summed E-state index contributed by atoms with van der Waals surface area (Å²) in [5.41, 5.74) is 0. The first-order chi connectivity index (χ1) is 11.1. The highest BCUT2D eigenvalue weighted by Gasteiger charge is 2.24. The number of carbonyl (C=O) groups excluding carboxylic acids is 1. The molecule has 0 bridgehead atoms. The lowest BCUT2D eigenvalue weighted by Crippen LogP contribution is -3.14. The van der Waals surface area contributed by atoms with E-state index in [0.29, 0.717) is 17.7 Å². The van der Waals surface area contributed by atoms with Crippen LogP contribution >= 0.6 is 11.6 Å². The second-order valence-corrected chi connectivity index (χ2v) is 6.90. The van der Waals surface area contributed by atoms with E-state index < -0.39 is 0 Å². The van der Waals surface area contributed by atoms with Crippen LogP contribution in [0.5, 0.6) is 5.75 Å². The lowest BCUT2D eigenvalue weighted by Gasteiger charge is -2.26. The highest BCUT2D eigenvalue weighted by atomic mass is 35.5. The van der Waals surface area contributed by atoms with Gasteiger partial charge in [0.25, 0.3) is 5.91 Å². The van der Waals surface area contributed by atoms with Gasteiger partial charge in [0.15, 0.2) is 6.04 Å². The molecule has 1 aromatic carbocycles. The fourth-order valence-corrected chi connectivity index (χ4v) is 3.00. The Labute approximate surface area is 144 Å².